The van der Waals surface area contributed by atoms with E-state index in [1.165, 1.54) is 12.8 Å². The summed E-state index contributed by atoms with van der Waals surface area (Å²) in [6, 6.07) is 0.606. The number of piperidine rings is 1. The fourth-order valence-corrected chi connectivity index (χ4v) is 2.13. The topological polar surface area (TPSA) is 41.9 Å². The summed E-state index contributed by atoms with van der Waals surface area (Å²) in [4.78, 5) is 0. The highest BCUT2D eigenvalue weighted by Crippen LogP contribution is 2.15. The van der Waals surface area contributed by atoms with Crippen LogP contribution in [0.4, 0.5) is 5.69 Å². The van der Waals surface area contributed by atoms with E-state index in [4.69, 9.17) is 0 Å². The van der Waals surface area contributed by atoms with Gasteiger partial charge in [0.05, 0.1) is 11.9 Å². The third kappa shape index (κ3) is 2.96. The van der Waals surface area contributed by atoms with E-state index in [0.29, 0.717) is 6.04 Å². The Balaban J connectivity index is 1.77. The summed E-state index contributed by atoms with van der Waals surface area (Å²) in [5, 5.41) is 11.1. The van der Waals surface area contributed by atoms with Gasteiger partial charge < -0.3 is 10.6 Å². The highest BCUT2D eigenvalue weighted by Gasteiger charge is 2.17. The maximum Gasteiger partial charge on any atom is 0.0726 e. The van der Waals surface area contributed by atoms with Gasteiger partial charge in [-0.05, 0) is 25.3 Å². The Morgan fingerprint density at radius 3 is 3.20 bits per heavy atom. The van der Waals surface area contributed by atoms with Gasteiger partial charge in [-0.3, -0.25) is 4.68 Å². The second-order valence-corrected chi connectivity index (χ2v) is 4.56. The molecule has 0 saturated carbocycles. The lowest BCUT2D eigenvalue weighted by atomic mass is 9.94. The molecule has 1 saturated heterocycles. The molecule has 1 aliphatic rings. The largest absolute Gasteiger partial charge is 0.381 e. The van der Waals surface area contributed by atoms with Crippen LogP contribution in [0, 0.1) is 5.92 Å². The van der Waals surface area contributed by atoms with Crippen LogP contribution in [-0.4, -0.2) is 28.9 Å². The van der Waals surface area contributed by atoms with Crippen molar-refractivity contribution < 1.29 is 0 Å². The number of nitrogens with zero attached hydrogens (tertiary/aromatic N) is 2. The van der Waals surface area contributed by atoms with Gasteiger partial charge in [0.15, 0.2) is 0 Å². The molecule has 4 heteroatoms. The molecule has 0 amide bonds. The molecule has 0 radical (unpaired) electrons. The predicted molar refractivity (Wildman–Crippen MR) is 61.9 cm³/mol. The molecule has 15 heavy (non-hydrogen) atoms. The molecule has 0 aliphatic carbocycles. The van der Waals surface area contributed by atoms with E-state index in [1.807, 2.05) is 24.1 Å². The van der Waals surface area contributed by atoms with E-state index in [1.54, 1.807) is 0 Å². The summed E-state index contributed by atoms with van der Waals surface area (Å²) in [7, 11) is 1.94. The zero-order valence-corrected chi connectivity index (χ0v) is 9.53. The summed E-state index contributed by atoms with van der Waals surface area (Å²) in [6.45, 7) is 4.48. The van der Waals surface area contributed by atoms with Gasteiger partial charge >= 0.3 is 0 Å². The number of hydrogen-bond acceptors (Lipinski definition) is 3. The lowest BCUT2D eigenvalue weighted by molar-refractivity contribution is 0.329. The molecule has 0 bridgehead atoms. The van der Waals surface area contributed by atoms with Crippen molar-refractivity contribution in [3.63, 3.8) is 0 Å². The highest BCUT2D eigenvalue weighted by atomic mass is 15.3. The van der Waals surface area contributed by atoms with Crippen molar-refractivity contribution in [1.29, 1.82) is 0 Å². The first-order valence-corrected chi connectivity index (χ1v) is 5.70. The second kappa shape index (κ2) is 4.66. The minimum absolute atomic E-state index is 0.606. The summed E-state index contributed by atoms with van der Waals surface area (Å²) in [5.41, 5.74) is 1.11. The fraction of sp³-hybridized carbons (Fsp3) is 0.727. The molecule has 2 N–H and O–H groups in total. The Hall–Kier alpha value is -1.03. The molecule has 4 nitrogen and oxygen atoms in total. The van der Waals surface area contributed by atoms with Gasteiger partial charge in [-0.25, -0.2) is 0 Å². The van der Waals surface area contributed by atoms with Crippen molar-refractivity contribution in [3.8, 4) is 0 Å². The smallest absolute Gasteiger partial charge is 0.0726 e. The van der Waals surface area contributed by atoms with Gasteiger partial charge in [0.25, 0.3) is 0 Å². The van der Waals surface area contributed by atoms with E-state index in [9.17, 15) is 0 Å². The van der Waals surface area contributed by atoms with Gasteiger partial charge in [-0.2, -0.15) is 5.10 Å². The first-order chi connectivity index (χ1) is 7.24. The molecule has 2 unspecified atom stereocenters. The highest BCUT2D eigenvalue weighted by molar-refractivity contribution is 5.38. The summed E-state index contributed by atoms with van der Waals surface area (Å²) in [5.74, 6) is 0.854. The van der Waals surface area contributed by atoms with Crippen LogP contribution in [0.15, 0.2) is 12.4 Å². The second-order valence-electron chi connectivity index (χ2n) is 4.56. The molecular formula is C11H20N4. The van der Waals surface area contributed by atoms with Crippen molar-refractivity contribution in [2.75, 3.05) is 18.4 Å². The van der Waals surface area contributed by atoms with E-state index >= 15 is 0 Å². The quantitative estimate of drug-likeness (QED) is 0.785. The molecule has 1 fully saturated rings. The number of anilines is 1. The first-order valence-electron chi connectivity index (χ1n) is 5.70. The Kier molecular flexibility index (Phi) is 3.26. The normalized spacial score (nSPS) is 26.5. The third-order valence-corrected chi connectivity index (χ3v) is 3.01. The standard InChI is InChI=1S/C11H20N4/c1-9-3-4-12-10(5-9)6-13-11-7-14-15(2)8-11/h7-10,12-13H,3-6H2,1-2H3. The van der Waals surface area contributed by atoms with E-state index in [0.717, 1.165) is 24.7 Å². The van der Waals surface area contributed by atoms with Crippen LogP contribution in [-0.2, 0) is 7.05 Å². The van der Waals surface area contributed by atoms with Crippen molar-refractivity contribution >= 4 is 5.69 Å². The zero-order chi connectivity index (χ0) is 10.7. The summed E-state index contributed by atoms with van der Waals surface area (Å²) < 4.78 is 1.82. The van der Waals surface area contributed by atoms with Crippen LogP contribution in [0.3, 0.4) is 0 Å². The molecule has 0 aromatic carbocycles. The maximum absolute atomic E-state index is 4.13. The monoisotopic (exact) mass is 208 g/mol. The number of hydrogen-bond donors (Lipinski definition) is 2. The number of rotatable bonds is 3. The molecule has 2 rings (SSSR count). The van der Waals surface area contributed by atoms with Crippen LogP contribution in [0.1, 0.15) is 19.8 Å². The third-order valence-electron chi connectivity index (χ3n) is 3.01. The lowest BCUT2D eigenvalue weighted by Crippen LogP contribution is -2.41. The van der Waals surface area contributed by atoms with Gasteiger partial charge in [0.1, 0.15) is 0 Å². The van der Waals surface area contributed by atoms with E-state index in [-0.39, 0.29) is 0 Å². The fourth-order valence-electron chi connectivity index (χ4n) is 2.13. The number of nitrogens with one attached hydrogen (secondary N) is 2. The average molecular weight is 208 g/mol. The van der Waals surface area contributed by atoms with Gasteiger partial charge in [-0.1, -0.05) is 6.92 Å². The Labute approximate surface area is 91.1 Å². The number of aromatic nitrogens is 2. The Morgan fingerprint density at radius 1 is 1.67 bits per heavy atom. The van der Waals surface area contributed by atoms with Gasteiger partial charge in [0.2, 0.25) is 0 Å². The first kappa shape index (κ1) is 10.5. The van der Waals surface area contributed by atoms with Crippen molar-refractivity contribution in [3.05, 3.63) is 12.4 Å². The predicted octanol–water partition coefficient (Wildman–Crippen LogP) is 1.22. The molecule has 1 aromatic rings. The SMILES string of the molecule is CC1CCNC(CNc2cnn(C)c2)C1. The van der Waals surface area contributed by atoms with Crippen LogP contribution < -0.4 is 10.6 Å². The van der Waals surface area contributed by atoms with Crippen LogP contribution in [0.25, 0.3) is 0 Å². The minimum Gasteiger partial charge on any atom is -0.381 e. The van der Waals surface area contributed by atoms with Crippen LogP contribution >= 0.6 is 0 Å². The number of aryl methyl sites for hydroxylation is 1. The minimum atomic E-state index is 0.606. The zero-order valence-electron chi connectivity index (χ0n) is 9.53. The van der Waals surface area contributed by atoms with Crippen LogP contribution in [0.2, 0.25) is 0 Å². The van der Waals surface area contributed by atoms with Gasteiger partial charge in [0, 0.05) is 25.8 Å². The van der Waals surface area contributed by atoms with Crippen molar-refractivity contribution in [2.45, 2.75) is 25.8 Å². The summed E-state index contributed by atoms with van der Waals surface area (Å²) >= 11 is 0. The summed E-state index contributed by atoms with van der Waals surface area (Å²) in [6.07, 6.45) is 6.45. The van der Waals surface area contributed by atoms with E-state index in [2.05, 4.69) is 22.7 Å². The molecule has 1 aliphatic heterocycles. The maximum atomic E-state index is 4.13. The lowest BCUT2D eigenvalue weighted by Gasteiger charge is -2.28. The molecular weight excluding hydrogens is 188 g/mol. The molecule has 84 valence electrons. The molecule has 2 heterocycles. The van der Waals surface area contributed by atoms with Crippen LogP contribution in [0.5, 0.6) is 0 Å². The van der Waals surface area contributed by atoms with E-state index < -0.39 is 0 Å². The molecule has 1 aromatic heterocycles. The average Bonchev–Trinajstić information content (AvgIpc) is 2.62. The molecule has 2 atom stereocenters. The van der Waals surface area contributed by atoms with Crippen molar-refractivity contribution in [1.82, 2.24) is 15.1 Å². The molecule has 0 spiro atoms. The van der Waals surface area contributed by atoms with Gasteiger partial charge in [-0.15, -0.1) is 0 Å². The Bertz CT molecular complexity index is 307. The van der Waals surface area contributed by atoms with Crippen molar-refractivity contribution in [2.24, 2.45) is 13.0 Å². The Morgan fingerprint density at radius 2 is 2.53 bits per heavy atom.